The van der Waals surface area contributed by atoms with E-state index < -0.39 is 0 Å². The molecule has 0 aliphatic rings. The number of amides is 1. The summed E-state index contributed by atoms with van der Waals surface area (Å²) < 4.78 is 1.75. The molecule has 0 atom stereocenters. The van der Waals surface area contributed by atoms with Gasteiger partial charge in [-0.3, -0.25) is 9.48 Å². The summed E-state index contributed by atoms with van der Waals surface area (Å²) in [6.07, 6.45) is 2.20. The SMILES string of the molecule is CC(C)n1ccc(C(=O)NCC(C)(C)CC#N)n1. The zero-order valence-corrected chi connectivity index (χ0v) is 11.4. The van der Waals surface area contributed by atoms with E-state index >= 15 is 0 Å². The van der Waals surface area contributed by atoms with Crippen LogP contribution in [0.3, 0.4) is 0 Å². The molecule has 0 aliphatic carbocycles. The van der Waals surface area contributed by atoms with Crippen molar-refractivity contribution >= 4 is 5.91 Å². The summed E-state index contributed by atoms with van der Waals surface area (Å²) >= 11 is 0. The van der Waals surface area contributed by atoms with Crippen LogP contribution in [0.4, 0.5) is 0 Å². The number of nitrogens with one attached hydrogen (secondary N) is 1. The predicted octanol–water partition coefficient (Wildman–Crippen LogP) is 2.13. The minimum atomic E-state index is -0.217. The number of carbonyl (C=O) groups excluding carboxylic acids is 1. The van der Waals surface area contributed by atoms with E-state index in [-0.39, 0.29) is 17.4 Å². The number of carbonyl (C=O) groups is 1. The third kappa shape index (κ3) is 3.88. The summed E-state index contributed by atoms with van der Waals surface area (Å²) in [5.41, 5.74) is 0.196. The lowest BCUT2D eigenvalue weighted by molar-refractivity contribution is 0.0931. The summed E-state index contributed by atoms with van der Waals surface area (Å²) in [4.78, 5) is 11.9. The van der Waals surface area contributed by atoms with Gasteiger partial charge < -0.3 is 5.32 Å². The second-order valence-corrected chi connectivity index (χ2v) is 5.46. The Kier molecular flexibility index (Phi) is 4.49. The molecule has 1 heterocycles. The summed E-state index contributed by atoms with van der Waals surface area (Å²) in [5, 5.41) is 15.7. The molecule has 0 unspecified atom stereocenters. The van der Waals surface area contributed by atoms with Crippen LogP contribution < -0.4 is 5.32 Å². The van der Waals surface area contributed by atoms with Gasteiger partial charge in [0.25, 0.3) is 5.91 Å². The van der Waals surface area contributed by atoms with E-state index in [4.69, 9.17) is 5.26 Å². The molecule has 18 heavy (non-hydrogen) atoms. The topological polar surface area (TPSA) is 70.7 Å². The molecule has 0 saturated heterocycles. The quantitative estimate of drug-likeness (QED) is 0.867. The minimum Gasteiger partial charge on any atom is -0.350 e. The summed E-state index contributed by atoms with van der Waals surface area (Å²) in [6, 6.07) is 4.06. The van der Waals surface area contributed by atoms with E-state index in [1.807, 2.05) is 27.7 Å². The molecular formula is C13H20N4O. The monoisotopic (exact) mass is 248 g/mol. The molecule has 0 aliphatic heterocycles. The first-order chi connectivity index (χ1) is 8.35. The van der Waals surface area contributed by atoms with E-state index in [1.54, 1.807) is 16.9 Å². The first-order valence-electron chi connectivity index (χ1n) is 6.06. The molecule has 0 bridgehead atoms. The van der Waals surface area contributed by atoms with Crippen LogP contribution in [0.15, 0.2) is 12.3 Å². The van der Waals surface area contributed by atoms with Crippen molar-refractivity contribution < 1.29 is 4.79 Å². The number of nitrogens with zero attached hydrogens (tertiary/aromatic N) is 3. The number of aromatic nitrogens is 2. The average Bonchev–Trinajstić information content (AvgIpc) is 2.75. The van der Waals surface area contributed by atoms with Gasteiger partial charge in [-0.25, -0.2) is 0 Å². The molecule has 0 radical (unpaired) electrons. The van der Waals surface area contributed by atoms with Crippen LogP contribution >= 0.6 is 0 Å². The van der Waals surface area contributed by atoms with E-state index in [2.05, 4.69) is 16.5 Å². The van der Waals surface area contributed by atoms with Crippen LogP contribution in [-0.4, -0.2) is 22.2 Å². The Morgan fingerprint density at radius 3 is 2.78 bits per heavy atom. The largest absolute Gasteiger partial charge is 0.350 e. The number of rotatable bonds is 5. The highest BCUT2D eigenvalue weighted by molar-refractivity contribution is 5.92. The second-order valence-electron chi connectivity index (χ2n) is 5.46. The third-order valence-corrected chi connectivity index (χ3v) is 2.66. The predicted molar refractivity (Wildman–Crippen MR) is 69.0 cm³/mol. The van der Waals surface area contributed by atoms with Crippen molar-refractivity contribution in [3.63, 3.8) is 0 Å². The zero-order valence-electron chi connectivity index (χ0n) is 11.4. The van der Waals surface area contributed by atoms with Crippen LogP contribution in [0.5, 0.6) is 0 Å². The maximum Gasteiger partial charge on any atom is 0.271 e. The van der Waals surface area contributed by atoms with Crippen molar-refractivity contribution in [3.05, 3.63) is 18.0 Å². The maximum absolute atomic E-state index is 11.9. The van der Waals surface area contributed by atoms with Crippen molar-refractivity contribution in [2.45, 2.75) is 40.2 Å². The van der Waals surface area contributed by atoms with Crippen LogP contribution in [0.1, 0.15) is 50.6 Å². The third-order valence-electron chi connectivity index (χ3n) is 2.66. The van der Waals surface area contributed by atoms with Gasteiger partial charge in [0.15, 0.2) is 0 Å². The molecule has 5 heteroatoms. The Hall–Kier alpha value is -1.83. The molecular weight excluding hydrogens is 228 g/mol. The standard InChI is InChI=1S/C13H20N4O/c1-10(2)17-8-5-11(16-17)12(18)15-9-13(3,4)6-7-14/h5,8,10H,6,9H2,1-4H3,(H,15,18). The Balaban J connectivity index is 2.58. The van der Waals surface area contributed by atoms with Gasteiger partial charge in [0, 0.05) is 25.2 Å². The molecule has 1 amide bonds. The summed E-state index contributed by atoms with van der Waals surface area (Å²) in [7, 11) is 0. The van der Waals surface area contributed by atoms with Crippen LogP contribution in [-0.2, 0) is 0 Å². The maximum atomic E-state index is 11.9. The lowest BCUT2D eigenvalue weighted by Gasteiger charge is -2.20. The first kappa shape index (κ1) is 14.2. The van der Waals surface area contributed by atoms with Gasteiger partial charge in [0.1, 0.15) is 5.69 Å². The van der Waals surface area contributed by atoms with E-state index in [0.29, 0.717) is 18.7 Å². The number of hydrogen-bond donors (Lipinski definition) is 1. The molecule has 0 aromatic carbocycles. The number of nitriles is 1. The molecule has 0 spiro atoms. The lowest BCUT2D eigenvalue weighted by Crippen LogP contribution is -2.34. The fraction of sp³-hybridized carbons (Fsp3) is 0.615. The van der Waals surface area contributed by atoms with E-state index in [1.165, 1.54) is 0 Å². The van der Waals surface area contributed by atoms with Crippen molar-refractivity contribution in [1.29, 1.82) is 5.26 Å². The Bertz CT molecular complexity index is 454. The summed E-state index contributed by atoms with van der Waals surface area (Å²) in [5.74, 6) is -0.194. The van der Waals surface area contributed by atoms with Gasteiger partial charge in [0.05, 0.1) is 6.07 Å². The fourth-order valence-corrected chi connectivity index (χ4v) is 1.43. The molecule has 0 saturated carbocycles. The van der Waals surface area contributed by atoms with Gasteiger partial charge in [0.2, 0.25) is 0 Å². The molecule has 0 fully saturated rings. The average molecular weight is 248 g/mol. The highest BCUT2D eigenvalue weighted by Crippen LogP contribution is 2.17. The smallest absolute Gasteiger partial charge is 0.271 e. The van der Waals surface area contributed by atoms with Crippen LogP contribution in [0.2, 0.25) is 0 Å². The second kappa shape index (κ2) is 5.67. The van der Waals surface area contributed by atoms with Crippen LogP contribution in [0, 0.1) is 16.7 Å². The van der Waals surface area contributed by atoms with Gasteiger partial charge in [-0.1, -0.05) is 13.8 Å². The number of hydrogen-bond acceptors (Lipinski definition) is 3. The zero-order chi connectivity index (χ0) is 13.8. The van der Waals surface area contributed by atoms with Gasteiger partial charge in [-0.2, -0.15) is 10.4 Å². The molecule has 1 N–H and O–H groups in total. The molecule has 1 aromatic rings. The van der Waals surface area contributed by atoms with Crippen molar-refractivity contribution in [3.8, 4) is 6.07 Å². The van der Waals surface area contributed by atoms with Gasteiger partial charge in [-0.05, 0) is 25.3 Å². The van der Waals surface area contributed by atoms with Crippen molar-refractivity contribution in [1.82, 2.24) is 15.1 Å². The highest BCUT2D eigenvalue weighted by Gasteiger charge is 2.19. The van der Waals surface area contributed by atoms with E-state index in [0.717, 1.165) is 0 Å². The molecule has 5 nitrogen and oxygen atoms in total. The Morgan fingerprint density at radius 1 is 1.61 bits per heavy atom. The van der Waals surface area contributed by atoms with Gasteiger partial charge in [-0.15, -0.1) is 0 Å². The summed E-state index contributed by atoms with van der Waals surface area (Å²) in [6.45, 7) is 8.37. The molecule has 98 valence electrons. The van der Waals surface area contributed by atoms with Crippen molar-refractivity contribution in [2.24, 2.45) is 5.41 Å². The minimum absolute atomic E-state index is 0.194. The first-order valence-corrected chi connectivity index (χ1v) is 6.06. The van der Waals surface area contributed by atoms with Gasteiger partial charge >= 0.3 is 0 Å². The van der Waals surface area contributed by atoms with Crippen molar-refractivity contribution in [2.75, 3.05) is 6.54 Å². The Morgan fingerprint density at radius 2 is 2.28 bits per heavy atom. The van der Waals surface area contributed by atoms with E-state index in [9.17, 15) is 4.79 Å². The highest BCUT2D eigenvalue weighted by atomic mass is 16.1. The fourth-order valence-electron chi connectivity index (χ4n) is 1.43. The lowest BCUT2D eigenvalue weighted by atomic mass is 9.90. The Labute approximate surface area is 108 Å². The normalized spacial score (nSPS) is 11.3. The molecule has 1 aromatic heterocycles. The van der Waals surface area contributed by atoms with Crippen LogP contribution in [0.25, 0.3) is 0 Å². The molecule has 1 rings (SSSR count).